The van der Waals surface area contributed by atoms with Crippen molar-refractivity contribution in [3.63, 3.8) is 0 Å². The van der Waals surface area contributed by atoms with E-state index in [0.29, 0.717) is 5.88 Å². The zero-order valence-corrected chi connectivity index (χ0v) is 17.0. The van der Waals surface area contributed by atoms with Crippen LogP contribution < -0.4 is 10.1 Å². The molecule has 150 valence electrons. The molecule has 0 aliphatic heterocycles. The molecular weight excluding hydrogens is 390 g/mol. The quantitative estimate of drug-likeness (QED) is 0.803. The molecule has 0 bridgehead atoms. The van der Waals surface area contributed by atoms with Crippen molar-refractivity contribution < 1.29 is 14.3 Å². The van der Waals surface area contributed by atoms with Crippen molar-refractivity contribution in [2.24, 2.45) is 0 Å². The predicted octanol–water partition coefficient (Wildman–Crippen LogP) is 4.11. The first kappa shape index (κ1) is 19.5. The number of nitrogens with one attached hydrogen (secondary N) is 1. The van der Waals surface area contributed by atoms with Crippen molar-refractivity contribution in [2.45, 2.75) is 37.9 Å². The molecule has 2 aliphatic carbocycles. The molecule has 2 atom stereocenters. The summed E-state index contributed by atoms with van der Waals surface area (Å²) in [5.41, 5.74) is 0.964. The van der Waals surface area contributed by atoms with Gasteiger partial charge in [0.15, 0.2) is 5.78 Å². The summed E-state index contributed by atoms with van der Waals surface area (Å²) in [5.74, 6) is 0.316. The number of amides is 2. The number of benzene rings is 1. The van der Waals surface area contributed by atoms with Gasteiger partial charge in [-0.15, -0.1) is 0 Å². The first-order valence-electron chi connectivity index (χ1n) is 9.60. The summed E-state index contributed by atoms with van der Waals surface area (Å²) < 4.78 is 5.39. The van der Waals surface area contributed by atoms with Gasteiger partial charge in [-0.05, 0) is 43.4 Å². The average molecular weight is 412 g/mol. The third-order valence-electron chi connectivity index (χ3n) is 5.33. The van der Waals surface area contributed by atoms with Crippen LogP contribution in [0.25, 0.3) is 10.8 Å². The zero-order valence-electron chi connectivity index (χ0n) is 16.3. The first-order chi connectivity index (χ1) is 14.0. The van der Waals surface area contributed by atoms with Crippen LogP contribution in [0.3, 0.4) is 0 Å². The Morgan fingerprint density at radius 1 is 1.31 bits per heavy atom. The molecule has 0 radical (unpaired) electrons. The second kappa shape index (κ2) is 7.87. The van der Waals surface area contributed by atoms with Gasteiger partial charge >= 0.3 is 6.03 Å². The lowest BCUT2D eigenvalue weighted by atomic mass is 10.0. The molecule has 1 aromatic carbocycles. The molecule has 2 aliphatic rings. The number of fused-ring (bicyclic) bond motifs is 1. The first-order valence-corrected chi connectivity index (χ1v) is 9.97. The molecule has 0 saturated heterocycles. The maximum atomic E-state index is 13.1. The van der Waals surface area contributed by atoms with E-state index in [1.54, 1.807) is 25.5 Å². The number of carbonyl (C=O) groups excluding carboxylic acids is 2. The normalized spacial score (nSPS) is 19.6. The highest BCUT2D eigenvalue weighted by Crippen LogP contribution is 2.38. The van der Waals surface area contributed by atoms with Crippen LogP contribution in [-0.2, 0) is 4.79 Å². The number of urea groups is 1. The molecule has 1 saturated carbocycles. The van der Waals surface area contributed by atoms with Gasteiger partial charge in [-0.25, -0.2) is 9.78 Å². The topological polar surface area (TPSA) is 71.5 Å². The Labute approximate surface area is 174 Å². The van der Waals surface area contributed by atoms with Gasteiger partial charge in [0, 0.05) is 23.2 Å². The van der Waals surface area contributed by atoms with Crippen LogP contribution in [0, 0.1) is 0 Å². The molecule has 2 aromatic rings. The third kappa shape index (κ3) is 3.85. The van der Waals surface area contributed by atoms with Crippen molar-refractivity contribution >= 4 is 34.2 Å². The van der Waals surface area contributed by atoms with E-state index in [0.717, 1.165) is 29.2 Å². The van der Waals surface area contributed by atoms with E-state index in [-0.39, 0.29) is 28.9 Å². The van der Waals surface area contributed by atoms with Crippen LogP contribution in [0.2, 0.25) is 0 Å². The number of ether oxygens (including phenoxy) is 1. The predicted molar refractivity (Wildman–Crippen MR) is 112 cm³/mol. The van der Waals surface area contributed by atoms with E-state index < -0.39 is 6.04 Å². The van der Waals surface area contributed by atoms with Crippen LogP contribution >= 0.6 is 11.6 Å². The summed E-state index contributed by atoms with van der Waals surface area (Å²) in [4.78, 5) is 31.0. The van der Waals surface area contributed by atoms with Crippen LogP contribution in [0.4, 0.5) is 4.79 Å². The second-order valence-corrected chi connectivity index (χ2v) is 7.70. The molecule has 7 heteroatoms. The Bertz CT molecular complexity index is 1030. The molecule has 0 spiro atoms. The van der Waals surface area contributed by atoms with Gasteiger partial charge in [0.25, 0.3) is 0 Å². The monoisotopic (exact) mass is 411 g/mol. The van der Waals surface area contributed by atoms with Gasteiger partial charge in [0.2, 0.25) is 5.88 Å². The molecule has 4 rings (SSSR count). The minimum atomic E-state index is -0.410. The standard InChI is InChI=1S/C22H22ClN3O3/c1-13(18-12-24-21(29-2)17-6-4-3-5-16(17)18)26(15-8-9-15)22(28)25-14-7-10-20(27)19(23)11-14/h3-7,10-15H,8-9H2,1-2H3,(H,25,28). The molecule has 1 fully saturated rings. The summed E-state index contributed by atoms with van der Waals surface area (Å²) in [6.45, 7) is 2.01. The van der Waals surface area contributed by atoms with Gasteiger partial charge in [0.1, 0.15) is 0 Å². The van der Waals surface area contributed by atoms with Gasteiger partial charge in [-0.3, -0.25) is 4.79 Å². The summed E-state index contributed by atoms with van der Waals surface area (Å²) in [7, 11) is 1.60. The number of methoxy groups -OCH3 is 1. The van der Waals surface area contributed by atoms with E-state index in [1.165, 1.54) is 6.08 Å². The number of hydrogen-bond donors (Lipinski definition) is 1. The van der Waals surface area contributed by atoms with Gasteiger partial charge in [-0.2, -0.15) is 0 Å². The van der Waals surface area contributed by atoms with Crippen molar-refractivity contribution in [1.29, 1.82) is 0 Å². The lowest BCUT2D eigenvalue weighted by molar-refractivity contribution is -0.110. The Morgan fingerprint density at radius 3 is 2.69 bits per heavy atom. The molecule has 29 heavy (non-hydrogen) atoms. The number of aromatic nitrogens is 1. The second-order valence-electron chi connectivity index (χ2n) is 7.30. The average Bonchev–Trinajstić information content (AvgIpc) is 3.55. The molecule has 6 nitrogen and oxygen atoms in total. The summed E-state index contributed by atoms with van der Waals surface area (Å²) >= 11 is 5.93. The number of nitrogens with zero attached hydrogens (tertiary/aromatic N) is 2. The smallest absolute Gasteiger partial charge is 0.318 e. The molecule has 1 heterocycles. The molecular formula is C22H22ClN3O3. The van der Waals surface area contributed by atoms with Crippen molar-refractivity contribution in [3.8, 4) is 5.88 Å². The number of halogens is 1. The molecule has 1 N–H and O–H groups in total. The highest BCUT2D eigenvalue weighted by atomic mass is 35.5. The number of rotatable bonds is 5. The van der Waals surface area contributed by atoms with Gasteiger partial charge in [0.05, 0.1) is 24.2 Å². The number of hydrogen-bond acceptors (Lipinski definition) is 4. The Morgan fingerprint density at radius 2 is 2.03 bits per heavy atom. The fourth-order valence-corrected chi connectivity index (χ4v) is 3.92. The minimum absolute atomic E-state index is 0.120. The van der Waals surface area contributed by atoms with Crippen LogP contribution in [-0.4, -0.2) is 40.9 Å². The zero-order chi connectivity index (χ0) is 20.5. The van der Waals surface area contributed by atoms with Crippen molar-refractivity contribution in [3.05, 3.63) is 59.3 Å². The molecule has 1 aromatic heterocycles. The van der Waals surface area contributed by atoms with Crippen LogP contribution in [0.5, 0.6) is 5.88 Å². The Kier molecular flexibility index (Phi) is 5.28. The van der Waals surface area contributed by atoms with Crippen LogP contribution in [0.1, 0.15) is 31.4 Å². The van der Waals surface area contributed by atoms with E-state index in [1.807, 2.05) is 36.1 Å². The van der Waals surface area contributed by atoms with E-state index in [9.17, 15) is 9.59 Å². The SMILES string of the molecule is COc1ncc(C(C)N(C(=O)NC2C=CC(=O)C(Cl)=C2)C2CC2)c2ccccc12. The summed E-state index contributed by atoms with van der Waals surface area (Å²) in [6, 6.07) is 7.30. The summed E-state index contributed by atoms with van der Waals surface area (Å²) in [6.07, 6.45) is 8.31. The maximum absolute atomic E-state index is 13.1. The Hall–Kier alpha value is -2.86. The number of ketones is 1. The lowest BCUT2D eigenvalue weighted by Gasteiger charge is -2.31. The van der Waals surface area contributed by atoms with E-state index in [4.69, 9.17) is 16.3 Å². The van der Waals surface area contributed by atoms with E-state index in [2.05, 4.69) is 10.3 Å². The number of allylic oxidation sites excluding steroid dienone is 2. The molecule has 2 unspecified atom stereocenters. The highest BCUT2D eigenvalue weighted by Gasteiger charge is 2.37. The highest BCUT2D eigenvalue weighted by molar-refractivity contribution is 6.44. The fraction of sp³-hybridized carbons (Fsp3) is 0.318. The fourth-order valence-electron chi connectivity index (χ4n) is 3.72. The third-order valence-corrected chi connectivity index (χ3v) is 5.64. The number of pyridine rings is 1. The summed E-state index contributed by atoms with van der Waals surface area (Å²) in [5, 5.41) is 5.00. The molecule has 2 amide bonds. The maximum Gasteiger partial charge on any atom is 0.318 e. The van der Waals surface area contributed by atoms with Crippen LogP contribution in [0.15, 0.2) is 53.7 Å². The Balaban J connectivity index is 1.63. The minimum Gasteiger partial charge on any atom is -0.481 e. The number of carbonyl (C=O) groups is 2. The van der Waals surface area contributed by atoms with Gasteiger partial charge in [-0.1, -0.05) is 35.9 Å². The van der Waals surface area contributed by atoms with Gasteiger partial charge < -0.3 is 15.0 Å². The lowest BCUT2D eigenvalue weighted by Crippen LogP contribution is -2.46. The van der Waals surface area contributed by atoms with Crippen molar-refractivity contribution in [1.82, 2.24) is 15.2 Å². The largest absolute Gasteiger partial charge is 0.481 e. The van der Waals surface area contributed by atoms with E-state index >= 15 is 0 Å². The van der Waals surface area contributed by atoms with Crippen molar-refractivity contribution in [2.75, 3.05) is 7.11 Å².